The zero-order chi connectivity index (χ0) is 13.1. The van der Waals surface area contributed by atoms with Gasteiger partial charge < -0.3 is 5.11 Å². The lowest BCUT2D eigenvalue weighted by molar-refractivity contribution is 0.201. The molecule has 0 aromatic heterocycles. The van der Waals surface area contributed by atoms with Gasteiger partial charge in [-0.2, -0.15) is 17.0 Å². The van der Waals surface area contributed by atoms with Crippen LogP contribution in [0.4, 0.5) is 0 Å². The number of nitrogens with zero attached hydrogens (tertiary/aromatic N) is 2. The Balaban J connectivity index is 2.64. The molecule has 17 heavy (non-hydrogen) atoms. The molecule has 0 spiro atoms. The first-order chi connectivity index (χ1) is 7.89. The largest absolute Gasteiger partial charge is 0.396 e. The molecule has 0 amide bonds. The fourth-order valence-corrected chi connectivity index (χ4v) is 3.55. The first kappa shape index (κ1) is 14.9. The Morgan fingerprint density at radius 2 is 2.00 bits per heavy atom. The van der Waals surface area contributed by atoms with Crippen LogP contribution in [0.1, 0.15) is 26.7 Å². The van der Waals surface area contributed by atoms with Gasteiger partial charge in [0.2, 0.25) is 0 Å². The fraction of sp³-hybridized carbons (Fsp3) is 1.00. The van der Waals surface area contributed by atoms with Gasteiger partial charge in [-0.05, 0) is 24.7 Å². The SMILES string of the molecule is CC1CCN(S(=O)(=O)N(C)CCCO)CC1C. The van der Waals surface area contributed by atoms with Crippen LogP contribution >= 0.6 is 0 Å². The maximum Gasteiger partial charge on any atom is 0.281 e. The summed E-state index contributed by atoms with van der Waals surface area (Å²) in [4.78, 5) is 0. The van der Waals surface area contributed by atoms with Crippen molar-refractivity contribution >= 4 is 10.2 Å². The predicted molar refractivity (Wildman–Crippen MR) is 67.8 cm³/mol. The van der Waals surface area contributed by atoms with Gasteiger partial charge in [0.25, 0.3) is 10.2 Å². The molecule has 102 valence electrons. The van der Waals surface area contributed by atoms with Crippen LogP contribution in [0.25, 0.3) is 0 Å². The van der Waals surface area contributed by atoms with E-state index in [0.717, 1.165) is 6.42 Å². The topological polar surface area (TPSA) is 60.9 Å². The van der Waals surface area contributed by atoms with E-state index in [1.807, 2.05) is 0 Å². The first-order valence-corrected chi connectivity index (χ1v) is 7.61. The van der Waals surface area contributed by atoms with E-state index in [2.05, 4.69) is 13.8 Å². The highest BCUT2D eigenvalue weighted by Crippen LogP contribution is 2.25. The highest BCUT2D eigenvalue weighted by Gasteiger charge is 2.32. The predicted octanol–water partition coefficient (Wildman–Crippen LogP) is 0.523. The molecule has 0 aliphatic carbocycles. The van der Waals surface area contributed by atoms with Crippen LogP contribution in [-0.4, -0.2) is 55.4 Å². The van der Waals surface area contributed by atoms with Crippen molar-refractivity contribution in [3.05, 3.63) is 0 Å². The second-order valence-corrected chi connectivity index (χ2v) is 7.04. The maximum atomic E-state index is 12.2. The molecule has 1 rings (SSSR count). The Morgan fingerprint density at radius 1 is 1.35 bits per heavy atom. The summed E-state index contributed by atoms with van der Waals surface area (Å²) in [5, 5.41) is 8.73. The Labute approximate surface area is 105 Å². The lowest BCUT2D eigenvalue weighted by Gasteiger charge is -2.36. The molecule has 1 fully saturated rings. The van der Waals surface area contributed by atoms with Gasteiger partial charge in [0.15, 0.2) is 0 Å². The van der Waals surface area contributed by atoms with E-state index in [9.17, 15) is 8.42 Å². The molecule has 0 aromatic carbocycles. The minimum Gasteiger partial charge on any atom is -0.396 e. The summed E-state index contributed by atoms with van der Waals surface area (Å²) < 4.78 is 27.3. The van der Waals surface area contributed by atoms with Crippen molar-refractivity contribution in [2.75, 3.05) is 33.3 Å². The number of aliphatic hydroxyl groups excluding tert-OH is 1. The van der Waals surface area contributed by atoms with Gasteiger partial charge in [0.1, 0.15) is 0 Å². The molecule has 1 heterocycles. The second-order valence-electron chi connectivity index (χ2n) is 5.01. The summed E-state index contributed by atoms with van der Waals surface area (Å²) >= 11 is 0. The number of hydrogen-bond donors (Lipinski definition) is 1. The van der Waals surface area contributed by atoms with Crippen LogP contribution in [0.15, 0.2) is 0 Å². The van der Waals surface area contributed by atoms with E-state index < -0.39 is 10.2 Å². The van der Waals surface area contributed by atoms with Crippen molar-refractivity contribution in [1.29, 1.82) is 0 Å². The second kappa shape index (κ2) is 6.13. The average molecular weight is 264 g/mol. The molecule has 0 radical (unpaired) electrons. The molecular weight excluding hydrogens is 240 g/mol. The zero-order valence-electron chi connectivity index (χ0n) is 11.0. The lowest BCUT2D eigenvalue weighted by Crippen LogP contribution is -2.48. The van der Waals surface area contributed by atoms with E-state index in [0.29, 0.717) is 37.9 Å². The molecule has 0 bridgehead atoms. The van der Waals surface area contributed by atoms with Crippen molar-refractivity contribution in [1.82, 2.24) is 8.61 Å². The quantitative estimate of drug-likeness (QED) is 0.787. The van der Waals surface area contributed by atoms with Gasteiger partial charge in [-0.1, -0.05) is 13.8 Å². The van der Waals surface area contributed by atoms with Crippen LogP contribution < -0.4 is 0 Å². The molecule has 2 atom stereocenters. The van der Waals surface area contributed by atoms with Crippen molar-refractivity contribution in [2.45, 2.75) is 26.7 Å². The van der Waals surface area contributed by atoms with Gasteiger partial charge >= 0.3 is 0 Å². The van der Waals surface area contributed by atoms with Gasteiger partial charge in [-0.25, -0.2) is 0 Å². The summed E-state index contributed by atoms with van der Waals surface area (Å²) in [5.41, 5.74) is 0. The Hall–Kier alpha value is -0.170. The first-order valence-electron chi connectivity index (χ1n) is 6.22. The minimum absolute atomic E-state index is 0.0211. The Morgan fingerprint density at radius 3 is 2.53 bits per heavy atom. The number of piperidine rings is 1. The third-order valence-electron chi connectivity index (χ3n) is 3.65. The van der Waals surface area contributed by atoms with Crippen LogP contribution in [0.5, 0.6) is 0 Å². The van der Waals surface area contributed by atoms with E-state index in [4.69, 9.17) is 5.11 Å². The normalized spacial score (nSPS) is 27.6. The summed E-state index contributed by atoms with van der Waals surface area (Å²) in [6, 6.07) is 0. The smallest absolute Gasteiger partial charge is 0.281 e. The molecule has 5 nitrogen and oxygen atoms in total. The standard InChI is InChI=1S/C11H24N2O3S/c1-10-5-7-13(9-11(10)2)17(15,16)12(3)6-4-8-14/h10-11,14H,4-9H2,1-3H3. The minimum atomic E-state index is -3.34. The summed E-state index contributed by atoms with van der Waals surface area (Å²) in [6.07, 6.45) is 1.41. The molecule has 1 aliphatic rings. The van der Waals surface area contributed by atoms with Crippen LogP contribution in [0.2, 0.25) is 0 Å². The monoisotopic (exact) mass is 264 g/mol. The highest BCUT2D eigenvalue weighted by atomic mass is 32.2. The zero-order valence-corrected chi connectivity index (χ0v) is 11.8. The van der Waals surface area contributed by atoms with Gasteiger partial charge in [0.05, 0.1) is 0 Å². The van der Waals surface area contributed by atoms with Gasteiger partial charge in [0, 0.05) is 33.3 Å². The Bertz CT molecular complexity index is 332. The van der Waals surface area contributed by atoms with Crippen molar-refractivity contribution in [3.63, 3.8) is 0 Å². The number of aliphatic hydroxyl groups is 1. The molecular formula is C11H24N2O3S. The van der Waals surface area contributed by atoms with Crippen molar-refractivity contribution in [3.8, 4) is 0 Å². The van der Waals surface area contributed by atoms with E-state index >= 15 is 0 Å². The molecule has 1 saturated heterocycles. The third-order valence-corrected chi connectivity index (χ3v) is 5.60. The molecule has 1 N–H and O–H groups in total. The Kier molecular flexibility index (Phi) is 5.37. The molecule has 6 heteroatoms. The van der Waals surface area contributed by atoms with Gasteiger partial charge in [-0.15, -0.1) is 0 Å². The average Bonchev–Trinajstić information content (AvgIpc) is 2.29. The number of hydrogen-bond acceptors (Lipinski definition) is 3. The summed E-state index contributed by atoms with van der Waals surface area (Å²) in [6.45, 7) is 5.88. The summed E-state index contributed by atoms with van der Waals surface area (Å²) in [7, 11) is -1.76. The van der Waals surface area contributed by atoms with Gasteiger partial charge in [-0.3, -0.25) is 0 Å². The molecule has 1 aliphatic heterocycles. The van der Waals surface area contributed by atoms with E-state index in [1.165, 1.54) is 4.31 Å². The van der Waals surface area contributed by atoms with E-state index in [1.54, 1.807) is 11.4 Å². The van der Waals surface area contributed by atoms with Crippen molar-refractivity contribution < 1.29 is 13.5 Å². The molecule has 0 aromatic rings. The highest BCUT2D eigenvalue weighted by molar-refractivity contribution is 7.86. The summed E-state index contributed by atoms with van der Waals surface area (Å²) in [5.74, 6) is 0.994. The van der Waals surface area contributed by atoms with Crippen LogP contribution in [-0.2, 0) is 10.2 Å². The molecule has 0 saturated carbocycles. The van der Waals surface area contributed by atoms with Crippen LogP contribution in [0.3, 0.4) is 0 Å². The maximum absolute atomic E-state index is 12.2. The third kappa shape index (κ3) is 3.64. The molecule has 2 unspecified atom stereocenters. The number of rotatable bonds is 5. The van der Waals surface area contributed by atoms with Crippen LogP contribution in [0, 0.1) is 11.8 Å². The fourth-order valence-electron chi connectivity index (χ4n) is 2.04. The van der Waals surface area contributed by atoms with E-state index in [-0.39, 0.29) is 6.61 Å². The van der Waals surface area contributed by atoms with Crippen molar-refractivity contribution in [2.24, 2.45) is 11.8 Å². The lowest BCUT2D eigenvalue weighted by atomic mass is 9.90.